The third-order valence-corrected chi connectivity index (χ3v) is 1.83. The molecule has 0 spiro atoms. The van der Waals surface area contributed by atoms with Gasteiger partial charge >= 0.3 is 0 Å². The monoisotopic (exact) mass is 193 g/mol. The molecule has 3 nitrogen and oxygen atoms in total. The summed E-state index contributed by atoms with van der Waals surface area (Å²) < 4.78 is 13.4. The summed E-state index contributed by atoms with van der Waals surface area (Å²) in [6.07, 6.45) is 0.166. The minimum absolute atomic E-state index is 0.142. The van der Waals surface area contributed by atoms with Gasteiger partial charge in [0.25, 0.3) is 5.69 Å². The van der Waals surface area contributed by atoms with Crippen LogP contribution in [0.4, 0.5) is 10.1 Å². The largest absolute Gasteiger partial charge is 0.519 e. The van der Waals surface area contributed by atoms with Gasteiger partial charge in [-0.1, -0.05) is 6.92 Å². The lowest BCUT2D eigenvalue weighted by Gasteiger charge is -2.03. The Morgan fingerprint density at radius 2 is 2.29 bits per heavy atom. The summed E-state index contributed by atoms with van der Waals surface area (Å²) in [5.74, 6) is -1.76. The van der Waals surface area contributed by atoms with Crippen molar-refractivity contribution in [2.75, 3.05) is 0 Å². The van der Waals surface area contributed by atoms with Crippen LogP contribution in [0, 0.1) is 12.4 Å². The van der Waals surface area contributed by atoms with Crippen molar-refractivity contribution in [3.63, 3.8) is 0 Å². The van der Waals surface area contributed by atoms with Gasteiger partial charge in [0.1, 0.15) is 11.6 Å². The first kappa shape index (κ1) is 10.2. The molecule has 1 rings (SSSR count). The van der Waals surface area contributed by atoms with Crippen molar-refractivity contribution in [2.24, 2.45) is 0 Å². The molecule has 1 aromatic carbocycles. The maximum Gasteiger partial charge on any atom is 0.263 e. The zero-order valence-electron chi connectivity index (χ0n) is 7.54. The number of benzene rings is 1. The number of aromatic hydroxyl groups is 1. The van der Waals surface area contributed by atoms with Crippen LogP contribution >= 0.6 is 0 Å². The quantitative estimate of drug-likeness (QED) is 0.579. The van der Waals surface area contributed by atoms with Gasteiger partial charge < -0.3 is 5.11 Å². The first-order valence-corrected chi connectivity index (χ1v) is 4.04. The maximum absolute atomic E-state index is 13.4. The normalized spacial score (nSPS) is 9.50. The molecule has 0 aliphatic rings. The highest BCUT2D eigenvalue weighted by Crippen LogP contribution is 2.31. The number of rotatable bonds is 2. The van der Waals surface area contributed by atoms with Crippen LogP contribution in [-0.2, 0) is 0 Å². The SMILES string of the molecule is [C-]#[N+]c1c(O)ccc(C(=O)CC)c1F. The fourth-order valence-corrected chi connectivity index (χ4v) is 1.07. The van der Waals surface area contributed by atoms with Gasteiger partial charge in [-0.3, -0.25) is 4.79 Å². The lowest BCUT2D eigenvalue weighted by Crippen LogP contribution is -2.00. The Bertz CT molecular complexity index is 421. The highest BCUT2D eigenvalue weighted by atomic mass is 19.1. The topological polar surface area (TPSA) is 41.7 Å². The third kappa shape index (κ3) is 1.57. The number of halogens is 1. The molecule has 0 aliphatic carbocycles. The van der Waals surface area contributed by atoms with E-state index in [1.54, 1.807) is 6.92 Å². The molecule has 14 heavy (non-hydrogen) atoms. The summed E-state index contributed by atoms with van der Waals surface area (Å²) in [5, 5.41) is 9.11. The average Bonchev–Trinajstić information content (AvgIpc) is 2.18. The van der Waals surface area contributed by atoms with Crippen molar-refractivity contribution in [1.82, 2.24) is 0 Å². The van der Waals surface area contributed by atoms with Gasteiger partial charge in [0.2, 0.25) is 0 Å². The van der Waals surface area contributed by atoms with Crippen LogP contribution in [0.2, 0.25) is 0 Å². The standard InChI is InChI=1S/C10H8FNO2/c1-3-7(13)6-4-5-8(14)10(12-2)9(6)11/h4-5,14H,3H2,1H3. The number of carbonyl (C=O) groups is 1. The molecule has 0 fully saturated rings. The number of hydrogen-bond donors (Lipinski definition) is 1. The number of phenols is 1. The van der Waals surface area contributed by atoms with Crippen molar-refractivity contribution < 1.29 is 14.3 Å². The van der Waals surface area contributed by atoms with Crippen LogP contribution in [0.15, 0.2) is 12.1 Å². The second kappa shape index (κ2) is 3.88. The number of nitrogens with zero attached hydrogens (tertiary/aromatic N) is 1. The van der Waals surface area contributed by atoms with Gasteiger partial charge in [0.15, 0.2) is 5.78 Å². The minimum atomic E-state index is -0.938. The first-order valence-electron chi connectivity index (χ1n) is 4.04. The van der Waals surface area contributed by atoms with E-state index in [1.165, 1.54) is 6.07 Å². The first-order chi connectivity index (χ1) is 6.61. The Labute approximate surface area is 80.6 Å². The molecule has 0 atom stereocenters. The third-order valence-electron chi connectivity index (χ3n) is 1.83. The van der Waals surface area contributed by atoms with E-state index in [-0.39, 0.29) is 17.8 Å². The van der Waals surface area contributed by atoms with Crippen LogP contribution in [0.25, 0.3) is 4.85 Å². The van der Waals surface area contributed by atoms with Crippen molar-refractivity contribution >= 4 is 11.5 Å². The Balaban J connectivity index is 3.37. The fourth-order valence-electron chi connectivity index (χ4n) is 1.07. The van der Waals surface area contributed by atoms with Crippen molar-refractivity contribution in [3.8, 4) is 5.75 Å². The second-order valence-electron chi connectivity index (χ2n) is 2.68. The molecule has 0 aliphatic heterocycles. The Hall–Kier alpha value is -1.89. The maximum atomic E-state index is 13.4. The zero-order chi connectivity index (χ0) is 10.7. The van der Waals surface area contributed by atoms with E-state index in [2.05, 4.69) is 4.85 Å². The van der Waals surface area contributed by atoms with Gasteiger partial charge in [0, 0.05) is 12.0 Å². The van der Waals surface area contributed by atoms with E-state index in [1.807, 2.05) is 0 Å². The van der Waals surface area contributed by atoms with Gasteiger partial charge in [0.05, 0.1) is 6.57 Å². The summed E-state index contributed by atoms with van der Waals surface area (Å²) in [7, 11) is 0. The molecule has 0 heterocycles. The number of hydrogen-bond acceptors (Lipinski definition) is 2. The molecule has 1 N–H and O–H groups in total. The predicted octanol–water partition coefficient (Wildman–Crippen LogP) is 2.67. The smallest absolute Gasteiger partial charge is 0.263 e. The predicted molar refractivity (Wildman–Crippen MR) is 48.9 cm³/mol. The molecule has 0 bridgehead atoms. The molecular weight excluding hydrogens is 185 g/mol. The molecule has 0 saturated heterocycles. The average molecular weight is 193 g/mol. The van der Waals surface area contributed by atoms with E-state index < -0.39 is 17.3 Å². The molecule has 0 radical (unpaired) electrons. The number of ketones is 1. The van der Waals surface area contributed by atoms with Crippen molar-refractivity contribution in [3.05, 3.63) is 34.9 Å². The van der Waals surface area contributed by atoms with Crippen LogP contribution in [0.3, 0.4) is 0 Å². The molecule has 72 valence electrons. The summed E-state index contributed by atoms with van der Waals surface area (Å²) in [6, 6.07) is 2.34. The number of phenolic OH excluding ortho intramolecular Hbond substituents is 1. The molecule has 0 saturated carbocycles. The summed E-state index contributed by atoms with van der Waals surface area (Å²) in [6.45, 7) is 8.24. The van der Waals surface area contributed by atoms with Gasteiger partial charge in [-0.15, -0.1) is 0 Å². The highest BCUT2D eigenvalue weighted by Gasteiger charge is 2.16. The van der Waals surface area contributed by atoms with E-state index >= 15 is 0 Å². The van der Waals surface area contributed by atoms with Crippen molar-refractivity contribution in [2.45, 2.75) is 13.3 Å². The van der Waals surface area contributed by atoms with Gasteiger partial charge in [-0.25, -0.2) is 9.24 Å². The fraction of sp³-hybridized carbons (Fsp3) is 0.200. The van der Waals surface area contributed by atoms with Gasteiger partial charge in [-0.2, -0.15) is 0 Å². The van der Waals surface area contributed by atoms with E-state index in [0.29, 0.717) is 0 Å². The summed E-state index contributed by atoms with van der Waals surface area (Å²) in [4.78, 5) is 14.0. The number of Topliss-reactive ketones (excluding diaryl/α,β-unsaturated/α-hetero) is 1. The van der Waals surface area contributed by atoms with E-state index in [9.17, 15) is 9.18 Å². The zero-order valence-corrected chi connectivity index (χ0v) is 7.54. The Kier molecular flexibility index (Phi) is 2.82. The second-order valence-corrected chi connectivity index (χ2v) is 2.68. The highest BCUT2D eigenvalue weighted by molar-refractivity contribution is 5.97. The van der Waals surface area contributed by atoms with Gasteiger partial charge in [-0.05, 0) is 12.1 Å². The lowest BCUT2D eigenvalue weighted by molar-refractivity contribution is 0.0984. The van der Waals surface area contributed by atoms with Crippen LogP contribution in [0.1, 0.15) is 23.7 Å². The molecule has 4 heteroatoms. The summed E-state index contributed by atoms with van der Waals surface area (Å²) in [5.41, 5.74) is -0.638. The molecule has 0 unspecified atom stereocenters. The van der Waals surface area contributed by atoms with E-state index in [0.717, 1.165) is 6.07 Å². The Morgan fingerprint density at radius 1 is 1.64 bits per heavy atom. The Morgan fingerprint density at radius 3 is 2.79 bits per heavy atom. The van der Waals surface area contributed by atoms with Crippen LogP contribution in [-0.4, -0.2) is 10.9 Å². The van der Waals surface area contributed by atoms with Crippen LogP contribution in [0.5, 0.6) is 5.75 Å². The van der Waals surface area contributed by atoms with Crippen LogP contribution < -0.4 is 0 Å². The number of carbonyl (C=O) groups excluding carboxylic acids is 1. The molecule has 0 amide bonds. The lowest BCUT2D eigenvalue weighted by atomic mass is 10.1. The molecule has 1 aromatic rings. The molecular formula is C10H8FNO2. The van der Waals surface area contributed by atoms with Crippen molar-refractivity contribution in [1.29, 1.82) is 0 Å². The summed E-state index contributed by atoms with van der Waals surface area (Å²) >= 11 is 0. The van der Waals surface area contributed by atoms with E-state index in [4.69, 9.17) is 11.7 Å². The minimum Gasteiger partial charge on any atom is -0.519 e. The molecule has 0 aromatic heterocycles.